The number of hydrogen-bond acceptors (Lipinski definition) is 5. The van der Waals surface area contributed by atoms with Gasteiger partial charge in [0.05, 0.1) is 19.2 Å². The van der Waals surface area contributed by atoms with Gasteiger partial charge in [0.2, 0.25) is 5.91 Å². The van der Waals surface area contributed by atoms with E-state index in [-0.39, 0.29) is 12.3 Å². The fourth-order valence-electron chi connectivity index (χ4n) is 2.30. The first kappa shape index (κ1) is 17.0. The lowest BCUT2D eigenvalue weighted by atomic mass is 10.2. The molecule has 1 aromatic heterocycles. The van der Waals surface area contributed by atoms with Crippen molar-refractivity contribution in [3.05, 3.63) is 71.2 Å². The molecule has 3 aromatic rings. The predicted octanol–water partition coefficient (Wildman–Crippen LogP) is 3.75. The van der Waals surface area contributed by atoms with Gasteiger partial charge in [-0.3, -0.25) is 4.79 Å². The smallest absolute Gasteiger partial charge is 0.226 e. The van der Waals surface area contributed by atoms with E-state index in [0.717, 1.165) is 27.8 Å². The number of para-hydroxylation sites is 1. The van der Waals surface area contributed by atoms with Crippen LogP contribution in [0, 0.1) is 0 Å². The van der Waals surface area contributed by atoms with Crippen LogP contribution < -0.4 is 15.4 Å². The van der Waals surface area contributed by atoms with Crippen LogP contribution in [0.4, 0.5) is 10.8 Å². The van der Waals surface area contributed by atoms with E-state index in [1.807, 2.05) is 60.0 Å². The van der Waals surface area contributed by atoms with Gasteiger partial charge < -0.3 is 15.4 Å². The molecule has 25 heavy (non-hydrogen) atoms. The fourth-order valence-corrected chi connectivity index (χ4v) is 3.03. The number of carbonyl (C=O) groups is 1. The van der Waals surface area contributed by atoms with E-state index in [0.29, 0.717) is 6.54 Å². The molecule has 1 heterocycles. The molecular weight excluding hydrogens is 334 g/mol. The molecule has 0 bridgehead atoms. The molecule has 0 saturated carbocycles. The van der Waals surface area contributed by atoms with Gasteiger partial charge in [0.25, 0.3) is 0 Å². The molecule has 5 nitrogen and oxygen atoms in total. The van der Waals surface area contributed by atoms with Crippen molar-refractivity contribution in [3.8, 4) is 5.75 Å². The highest BCUT2D eigenvalue weighted by Gasteiger charge is 2.08. The van der Waals surface area contributed by atoms with E-state index >= 15 is 0 Å². The Morgan fingerprint density at radius 2 is 2.00 bits per heavy atom. The second-order valence-electron chi connectivity index (χ2n) is 5.44. The quantitative estimate of drug-likeness (QED) is 0.679. The van der Waals surface area contributed by atoms with E-state index in [4.69, 9.17) is 4.74 Å². The number of carbonyl (C=O) groups excluding carboxylic acids is 1. The Morgan fingerprint density at radius 3 is 2.80 bits per heavy atom. The first-order valence-corrected chi connectivity index (χ1v) is 8.77. The third-order valence-corrected chi connectivity index (χ3v) is 4.35. The average molecular weight is 353 g/mol. The molecule has 2 aromatic carbocycles. The van der Waals surface area contributed by atoms with Crippen molar-refractivity contribution in [1.82, 2.24) is 10.3 Å². The van der Waals surface area contributed by atoms with Crippen LogP contribution in [0.15, 0.2) is 60.0 Å². The molecular formula is C19H19N3O2S. The number of aromatic nitrogens is 1. The standard InChI is InChI=1S/C19H19N3O2S/c1-24-17-9-5-6-14(10-17)12-20-18(23)11-16-13-25-19(22-16)21-15-7-3-2-4-8-15/h2-10,13H,11-12H2,1H3,(H,20,23)(H,21,22). The maximum atomic E-state index is 12.1. The van der Waals surface area contributed by atoms with Gasteiger partial charge in [-0.25, -0.2) is 4.98 Å². The summed E-state index contributed by atoms with van der Waals surface area (Å²) in [4.78, 5) is 16.6. The molecule has 0 aliphatic carbocycles. The molecule has 0 aliphatic heterocycles. The predicted molar refractivity (Wildman–Crippen MR) is 100 cm³/mol. The third-order valence-electron chi connectivity index (χ3n) is 3.54. The van der Waals surface area contributed by atoms with Crippen LogP contribution in [-0.2, 0) is 17.8 Å². The molecule has 0 aliphatic rings. The summed E-state index contributed by atoms with van der Waals surface area (Å²) < 4.78 is 5.18. The summed E-state index contributed by atoms with van der Waals surface area (Å²) in [6.45, 7) is 0.468. The van der Waals surface area contributed by atoms with Crippen molar-refractivity contribution in [2.45, 2.75) is 13.0 Å². The summed E-state index contributed by atoms with van der Waals surface area (Å²) in [6.07, 6.45) is 0.261. The fraction of sp³-hybridized carbons (Fsp3) is 0.158. The Balaban J connectivity index is 1.51. The zero-order chi connectivity index (χ0) is 17.5. The zero-order valence-corrected chi connectivity index (χ0v) is 14.7. The van der Waals surface area contributed by atoms with Crippen molar-refractivity contribution in [1.29, 1.82) is 0 Å². The summed E-state index contributed by atoms with van der Waals surface area (Å²) >= 11 is 1.49. The molecule has 0 saturated heterocycles. The maximum absolute atomic E-state index is 12.1. The molecule has 2 N–H and O–H groups in total. The Morgan fingerprint density at radius 1 is 1.16 bits per heavy atom. The topological polar surface area (TPSA) is 63.2 Å². The summed E-state index contributed by atoms with van der Waals surface area (Å²) in [7, 11) is 1.63. The van der Waals surface area contributed by atoms with Gasteiger partial charge >= 0.3 is 0 Å². The number of nitrogens with zero attached hydrogens (tertiary/aromatic N) is 1. The monoisotopic (exact) mass is 353 g/mol. The molecule has 6 heteroatoms. The summed E-state index contributed by atoms with van der Waals surface area (Å²) in [6, 6.07) is 17.5. The average Bonchev–Trinajstić information content (AvgIpc) is 3.08. The molecule has 128 valence electrons. The minimum atomic E-state index is -0.0561. The van der Waals surface area contributed by atoms with Crippen molar-refractivity contribution < 1.29 is 9.53 Å². The van der Waals surface area contributed by atoms with E-state index in [9.17, 15) is 4.79 Å². The summed E-state index contributed by atoms with van der Waals surface area (Å²) in [5.41, 5.74) is 2.73. The Kier molecular flexibility index (Phi) is 5.64. The number of amides is 1. The highest BCUT2D eigenvalue weighted by atomic mass is 32.1. The second-order valence-corrected chi connectivity index (χ2v) is 6.30. The number of methoxy groups -OCH3 is 1. The third kappa shape index (κ3) is 5.06. The highest BCUT2D eigenvalue weighted by molar-refractivity contribution is 7.13. The lowest BCUT2D eigenvalue weighted by Gasteiger charge is -2.06. The molecule has 0 spiro atoms. The number of benzene rings is 2. The molecule has 0 unspecified atom stereocenters. The van der Waals surface area contributed by atoms with Gasteiger partial charge in [0.15, 0.2) is 5.13 Å². The van der Waals surface area contributed by atoms with Crippen LogP contribution in [0.25, 0.3) is 0 Å². The van der Waals surface area contributed by atoms with E-state index in [2.05, 4.69) is 15.6 Å². The number of nitrogens with one attached hydrogen (secondary N) is 2. The van der Waals surface area contributed by atoms with Crippen molar-refractivity contribution >= 4 is 28.1 Å². The van der Waals surface area contributed by atoms with Gasteiger partial charge in [0, 0.05) is 17.6 Å². The second kappa shape index (κ2) is 8.30. The maximum Gasteiger partial charge on any atom is 0.226 e. The minimum Gasteiger partial charge on any atom is -0.497 e. The van der Waals surface area contributed by atoms with Crippen LogP contribution in [0.3, 0.4) is 0 Å². The number of hydrogen-bond donors (Lipinski definition) is 2. The number of ether oxygens (including phenoxy) is 1. The van der Waals surface area contributed by atoms with Gasteiger partial charge in [-0.05, 0) is 29.8 Å². The van der Waals surface area contributed by atoms with Crippen LogP contribution >= 0.6 is 11.3 Å². The number of rotatable bonds is 7. The van der Waals surface area contributed by atoms with Crippen LogP contribution in [0.5, 0.6) is 5.75 Å². The van der Waals surface area contributed by atoms with E-state index in [1.54, 1.807) is 7.11 Å². The molecule has 0 atom stereocenters. The molecule has 0 fully saturated rings. The lowest BCUT2D eigenvalue weighted by molar-refractivity contribution is -0.120. The van der Waals surface area contributed by atoms with Crippen molar-refractivity contribution in [2.75, 3.05) is 12.4 Å². The first-order chi connectivity index (χ1) is 12.2. The van der Waals surface area contributed by atoms with Gasteiger partial charge in [0.1, 0.15) is 5.75 Å². The minimum absolute atomic E-state index is 0.0561. The Bertz CT molecular complexity index is 833. The SMILES string of the molecule is COc1cccc(CNC(=O)Cc2csc(Nc3ccccc3)n2)c1. The van der Waals surface area contributed by atoms with Crippen LogP contribution in [-0.4, -0.2) is 18.0 Å². The first-order valence-electron chi connectivity index (χ1n) is 7.89. The number of anilines is 2. The van der Waals surface area contributed by atoms with E-state index < -0.39 is 0 Å². The molecule has 1 amide bonds. The largest absolute Gasteiger partial charge is 0.497 e. The van der Waals surface area contributed by atoms with Crippen molar-refractivity contribution in [3.63, 3.8) is 0 Å². The van der Waals surface area contributed by atoms with E-state index in [1.165, 1.54) is 11.3 Å². The van der Waals surface area contributed by atoms with Gasteiger partial charge in [-0.2, -0.15) is 0 Å². The zero-order valence-electron chi connectivity index (χ0n) is 13.9. The number of thiazole rings is 1. The lowest BCUT2D eigenvalue weighted by Crippen LogP contribution is -2.24. The molecule has 0 radical (unpaired) electrons. The van der Waals surface area contributed by atoms with Crippen LogP contribution in [0.1, 0.15) is 11.3 Å². The highest BCUT2D eigenvalue weighted by Crippen LogP contribution is 2.21. The van der Waals surface area contributed by atoms with Crippen LogP contribution in [0.2, 0.25) is 0 Å². The Hall–Kier alpha value is -2.86. The van der Waals surface area contributed by atoms with Crippen molar-refractivity contribution in [2.24, 2.45) is 0 Å². The Labute approximate surface area is 150 Å². The summed E-state index contributed by atoms with van der Waals surface area (Å²) in [5, 5.41) is 8.82. The van der Waals surface area contributed by atoms with Gasteiger partial charge in [-0.15, -0.1) is 11.3 Å². The summed E-state index contributed by atoms with van der Waals surface area (Å²) in [5.74, 6) is 0.724. The molecule has 3 rings (SSSR count). The van der Waals surface area contributed by atoms with Gasteiger partial charge in [-0.1, -0.05) is 30.3 Å². The normalized spacial score (nSPS) is 10.3.